The van der Waals surface area contributed by atoms with Gasteiger partial charge in [0, 0.05) is 19.4 Å². The third-order valence-corrected chi connectivity index (χ3v) is 4.69. The number of benzene rings is 1. The van der Waals surface area contributed by atoms with Crippen molar-refractivity contribution in [3.8, 4) is 0 Å². The molecule has 102 valence electrons. The summed E-state index contributed by atoms with van der Waals surface area (Å²) in [5.74, 6) is 1.73. The quantitative estimate of drug-likeness (QED) is 0.880. The molecule has 1 aromatic rings. The minimum absolute atomic E-state index is 0.448. The van der Waals surface area contributed by atoms with Gasteiger partial charge in [0.15, 0.2) is 0 Å². The molecular weight excluding hydrogens is 234 g/mol. The van der Waals surface area contributed by atoms with Crippen molar-refractivity contribution >= 4 is 5.78 Å². The maximum Gasteiger partial charge on any atom is 0.132 e. The number of hydrogen-bond acceptors (Lipinski definition) is 2. The predicted octanol–water partition coefficient (Wildman–Crippen LogP) is 3.38. The minimum Gasteiger partial charge on any atom is -0.316 e. The van der Waals surface area contributed by atoms with Gasteiger partial charge in [-0.1, -0.05) is 24.3 Å². The Morgan fingerprint density at radius 3 is 2.42 bits per heavy atom. The summed E-state index contributed by atoms with van der Waals surface area (Å²) in [5, 5.41) is 3.49. The van der Waals surface area contributed by atoms with Gasteiger partial charge in [-0.05, 0) is 55.2 Å². The summed E-state index contributed by atoms with van der Waals surface area (Å²) in [6.45, 7) is 2.29. The zero-order valence-corrected chi connectivity index (χ0v) is 11.5. The lowest BCUT2D eigenvalue weighted by Gasteiger charge is -2.26. The molecule has 1 saturated heterocycles. The average Bonchev–Trinajstić information content (AvgIpc) is 2.49. The molecule has 2 nitrogen and oxygen atoms in total. The number of carbonyl (C=O) groups excluding carboxylic acids is 1. The molecule has 0 aromatic heterocycles. The van der Waals surface area contributed by atoms with Crippen molar-refractivity contribution in [2.75, 3.05) is 13.1 Å². The van der Waals surface area contributed by atoms with E-state index in [1.165, 1.54) is 30.5 Å². The standard InChI is InChI=1S/C17H23NO/c19-17-8-6-13(7-9-17)14-3-1-4-15(11-14)16-5-2-10-18-12-16/h1,3-4,11,13,16,18H,2,5-10,12H2. The number of hydrogen-bond donors (Lipinski definition) is 1. The summed E-state index contributed by atoms with van der Waals surface area (Å²) < 4.78 is 0. The van der Waals surface area contributed by atoms with Gasteiger partial charge in [0.25, 0.3) is 0 Å². The molecule has 1 aliphatic heterocycles. The number of rotatable bonds is 2. The van der Waals surface area contributed by atoms with E-state index in [-0.39, 0.29) is 0 Å². The normalized spacial score (nSPS) is 25.5. The average molecular weight is 257 g/mol. The highest BCUT2D eigenvalue weighted by molar-refractivity contribution is 5.79. The van der Waals surface area contributed by atoms with E-state index in [0.717, 1.165) is 32.2 Å². The van der Waals surface area contributed by atoms with Crippen LogP contribution in [0.3, 0.4) is 0 Å². The molecular formula is C17H23NO. The van der Waals surface area contributed by atoms with Gasteiger partial charge in [-0.3, -0.25) is 4.79 Å². The van der Waals surface area contributed by atoms with Gasteiger partial charge in [-0.15, -0.1) is 0 Å². The molecule has 3 rings (SSSR count). The Labute approximate surface area is 115 Å². The van der Waals surface area contributed by atoms with Crippen LogP contribution in [0.5, 0.6) is 0 Å². The van der Waals surface area contributed by atoms with Gasteiger partial charge in [0.05, 0.1) is 0 Å². The van der Waals surface area contributed by atoms with Crippen LogP contribution in [0.15, 0.2) is 24.3 Å². The largest absolute Gasteiger partial charge is 0.316 e. The third kappa shape index (κ3) is 3.06. The summed E-state index contributed by atoms with van der Waals surface area (Å²) in [5.41, 5.74) is 2.94. The second-order valence-corrected chi connectivity index (χ2v) is 6.03. The van der Waals surface area contributed by atoms with E-state index in [1.807, 2.05) is 0 Å². The van der Waals surface area contributed by atoms with Crippen LogP contribution < -0.4 is 5.32 Å². The molecule has 1 heterocycles. The van der Waals surface area contributed by atoms with Crippen LogP contribution in [0.2, 0.25) is 0 Å². The minimum atomic E-state index is 0.448. The fraction of sp³-hybridized carbons (Fsp3) is 0.588. The fourth-order valence-corrected chi connectivity index (χ4v) is 3.48. The summed E-state index contributed by atoms with van der Waals surface area (Å²) in [6, 6.07) is 9.13. The van der Waals surface area contributed by atoms with Crippen molar-refractivity contribution in [3.63, 3.8) is 0 Å². The van der Waals surface area contributed by atoms with Gasteiger partial charge in [0.2, 0.25) is 0 Å². The zero-order chi connectivity index (χ0) is 13.1. The molecule has 2 heteroatoms. The molecule has 1 N–H and O–H groups in total. The Morgan fingerprint density at radius 1 is 1.00 bits per heavy atom. The highest BCUT2D eigenvalue weighted by Crippen LogP contribution is 2.33. The number of carbonyl (C=O) groups is 1. The summed E-state index contributed by atoms with van der Waals surface area (Å²) in [4.78, 5) is 11.3. The van der Waals surface area contributed by atoms with E-state index in [2.05, 4.69) is 29.6 Å². The lowest BCUT2D eigenvalue weighted by molar-refractivity contribution is -0.120. The van der Waals surface area contributed by atoms with E-state index in [1.54, 1.807) is 0 Å². The van der Waals surface area contributed by atoms with E-state index in [4.69, 9.17) is 0 Å². The maximum atomic E-state index is 11.3. The lowest BCUT2D eigenvalue weighted by Crippen LogP contribution is -2.28. The van der Waals surface area contributed by atoms with E-state index >= 15 is 0 Å². The molecule has 19 heavy (non-hydrogen) atoms. The van der Waals surface area contributed by atoms with Crippen LogP contribution in [0.4, 0.5) is 0 Å². The first-order valence-corrected chi connectivity index (χ1v) is 7.65. The third-order valence-electron chi connectivity index (χ3n) is 4.69. The highest BCUT2D eigenvalue weighted by Gasteiger charge is 2.21. The molecule has 1 atom stereocenters. The van der Waals surface area contributed by atoms with Crippen LogP contribution in [0.1, 0.15) is 61.5 Å². The Kier molecular flexibility index (Phi) is 3.97. The molecule has 0 amide bonds. The highest BCUT2D eigenvalue weighted by atomic mass is 16.1. The molecule has 1 aromatic carbocycles. The first-order chi connectivity index (χ1) is 9.33. The van der Waals surface area contributed by atoms with E-state index < -0.39 is 0 Å². The molecule has 0 radical (unpaired) electrons. The SMILES string of the molecule is O=C1CCC(c2cccc(C3CCCNC3)c2)CC1. The van der Waals surface area contributed by atoms with Gasteiger partial charge in [-0.25, -0.2) is 0 Å². The zero-order valence-electron chi connectivity index (χ0n) is 11.5. The number of piperidine rings is 1. The number of Topliss-reactive ketones (excluding diaryl/α,β-unsaturated/α-hetero) is 1. The first-order valence-electron chi connectivity index (χ1n) is 7.65. The summed E-state index contributed by atoms with van der Waals surface area (Å²) in [7, 11) is 0. The van der Waals surface area contributed by atoms with Crippen molar-refractivity contribution in [2.24, 2.45) is 0 Å². The second-order valence-electron chi connectivity index (χ2n) is 6.03. The van der Waals surface area contributed by atoms with Crippen LogP contribution in [-0.4, -0.2) is 18.9 Å². The van der Waals surface area contributed by atoms with Crippen molar-refractivity contribution in [1.82, 2.24) is 5.32 Å². The lowest BCUT2D eigenvalue weighted by atomic mass is 9.81. The number of nitrogens with one attached hydrogen (secondary N) is 1. The van der Waals surface area contributed by atoms with Crippen molar-refractivity contribution in [2.45, 2.75) is 50.4 Å². The molecule has 1 aliphatic carbocycles. The second kappa shape index (κ2) is 5.87. The summed E-state index contributed by atoms with van der Waals surface area (Å²) in [6.07, 6.45) is 6.24. The van der Waals surface area contributed by atoms with Crippen LogP contribution in [0, 0.1) is 0 Å². The van der Waals surface area contributed by atoms with Gasteiger partial charge >= 0.3 is 0 Å². The van der Waals surface area contributed by atoms with Crippen LogP contribution >= 0.6 is 0 Å². The summed E-state index contributed by atoms with van der Waals surface area (Å²) >= 11 is 0. The number of ketones is 1. The molecule has 2 aliphatic rings. The fourth-order valence-electron chi connectivity index (χ4n) is 3.48. The van der Waals surface area contributed by atoms with Crippen LogP contribution in [-0.2, 0) is 4.79 Å². The van der Waals surface area contributed by atoms with Crippen molar-refractivity contribution < 1.29 is 4.79 Å². The predicted molar refractivity (Wildman–Crippen MR) is 77.5 cm³/mol. The Morgan fingerprint density at radius 2 is 1.74 bits per heavy atom. The Balaban J connectivity index is 1.73. The Hall–Kier alpha value is -1.15. The maximum absolute atomic E-state index is 11.3. The topological polar surface area (TPSA) is 29.1 Å². The molecule has 2 fully saturated rings. The smallest absolute Gasteiger partial charge is 0.132 e. The van der Waals surface area contributed by atoms with E-state index in [0.29, 0.717) is 17.6 Å². The van der Waals surface area contributed by atoms with Gasteiger partial charge < -0.3 is 5.32 Å². The molecule has 0 spiro atoms. The molecule has 1 unspecified atom stereocenters. The van der Waals surface area contributed by atoms with Crippen molar-refractivity contribution in [1.29, 1.82) is 0 Å². The Bertz CT molecular complexity index is 438. The van der Waals surface area contributed by atoms with E-state index in [9.17, 15) is 4.79 Å². The molecule has 0 bridgehead atoms. The van der Waals surface area contributed by atoms with Gasteiger partial charge in [0.1, 0.15) is 5.78 Å². The van der Waals surface area contributed by atoms with Crippen molar-refractivity contribution in [3.05, 3.63) is 35.4 Å². The van der Waals surface area contributed by atoms with Crippen LogP contribution in [0.25, 0.3) is 0 Å². The van der Waals surface area contributed by atoms with Gasteiger partial charge in [-0.2, -0.15) is 0 Å². The molecule has 1 saturated carbocycles. The first kappa shape index (κ1) is 12.9. The monoisotopic (exact) mass is 257 g/mol.